The molecule has 82 valence electrons. The van der Waals surface area contributed by atoms with Crippen LogP contribution in [0.1, 0.15) is 34.6 Å². The van der Waals surface area contributed by atoms with E-state index >= 15 is 0 Å². The zero-order chi connectivity index (χ0) is 11.0. The molecular weight excluding hydrogens is 180 g/mol. The highest BCUT2D eigenvalue weighted by atomic mass is 16.7. The van der Waals surface area contributed by atoms with E-state index in [9.17, 15) is 4.79 Å². The molecule has 14 heavy (non-hydrogen) atoms. The van der Waals surface area contributed by atoms with E-state index in [2.05, 4.69) is 13.8 Å². The van der Waals surface area contributed by atoms with Gasteiger partial charge in [0.05, 0.1) is 13.2 Å². The molecule has 0 aromatic carbocycles. The Labute approximate surface area is 85.8 Å². The van der Waals surface area contributed by atoms with Gasteiger partial charge in [0.1, 0.15) is 0 Å². The molecule has 0 radical (unpaired) electrons. The highest BCUT2D eigenvalue weighted by Crippen LogP contribution is 2.30. The lowest BCUT2D eigenvalue weighted by atomic mass is 9.93. The summed E-state index contributed by atoms with van der Waals surface area (Å²) in [6, 6.07) is 0. The minimum atomic E-state index is -1.02. The zero-order valence-electron chi connectivity index (χ0n) is 9.72. The molecule has 0 amide bonds. The zero-order valence-corrected chi connectivity index (χ0v) is 9.72. The molecule has 1 rings (SSSR count). The van der Waals surface area contributed by atoms with Crippen molar-refractivity contribution in [1.29, 1.82) is 0 Å². The van der Waals surface area contributed by atoms with Crippen LogP contribution < -0.4 is 0 Å². The maximum Gasteiger partial charge on any atom is 0.226 e. The molecule has 0 spiro atoms. The number of ether oxygens (including phenoxy) is 2. The summed E-state index contributed by atoms with van der Waals surface area (Å²) in [5.41, 5.74) is 0.0107. The molecule has 0 atom stereocenters. The van der Waals surface area contributed by atoms with E-state index in [1.54, 1.807) is 6.92 Å². The second kappa shape index (κ2) is 3.63. The Morgan fingerprint density at radius 3 is 1.93 bits per heavy atom. The minimum absolute atomic E-state index is 0.0107. The fraction of sp³-hybridized carbons (Fsp3) is 0.909. The summed E-state index contributed by atoms with van der Waals surface area (Å²) in [7, 11) is 0. The van der Waals surface area contributed by atoms with Crippen LogP contribution in [0, 0.1) is 11.3 Å². The van der Waals surface area contributed by atoms with Crippen LogP contribution in [0.5, 0.6) is 0 Å². The number of Topliss-reactive ketones (excluding diaryl/α,β-unsaturated/α-hetero) is 1. The molecular formula is C11H20O3. The third kappa shape index (κ3) is 2.34. The van der Waals surface area contributed by atoms with Gasteiger partial charge in [0.2, 0.25) is 5.79 Å². The van der Waals surface area contributed by atoms with Gasteiger partial charge in [0.25, 0.3) is 0 Å². The van der Waals surface area contributed by atoms with Crippen molar-refractivity contribution in [3.8, 4) is 0 Å². The summed E-state index contributed by atoms with van der Waals surface area (Å²) in [5, 5.41) is 0. The van der Waals surface area contributed by atoms with Crippen molar-refractivity contribution in [1.82, 2.24) is 0 Å². The molecule has 1 heterocycles. The first-order chi connectivity index (χ1) is 6.27. The molecule has 1 aliphatic heterocycles. The third-order valence-corrected chi connectivity index (χ3v) is 2.45. The number of hydrogen-bond acceptors (Lipinski definition) is 3. The van der Waals surface area contributed by atoms with E-state index in [0.717, 1.165) is 0 Å². The van der Waals surface area contributed by atoms with E-state index in [1.807, 2.05) is 13.8 Å². The molecule has 0 N–H and O–H groups in total. The number of ketones is 1. The van der Waals surface area contributed by atoms with Gasteiger partial charge in [-0.3, -0.25) is 4.79 Å². The summed E-state index contributed by atoms with van der Waals surface area (Å²) < 4.78 is 11.1. The number of carbonyl (C=O) groups excluding carboxylic acids is 1. The number of hydrogen-bond donors (Lipinski definition) is 0. The second-order valence-corrected chi connectivity index (χ2v) is 5.21. The average Bonchev–Trinajstić information content (AvgIpc) is 2.09. The van der Waals surface area contributed by atoms with Gasteiger partial charge in [-0.25, -0.2) is 0 Å². The molecule has 1 fully saturated rings. The molecule has 3 nitrogen and oxygen atoms in total. The van der Waals surface area contributed by atoms with Crippen molar-refractivity contribution in [2.24, 2.45) is 11.3 Å². The van der Waals surface area contributed by atoms with Crippen molar-refractivity contribution < 1.29 is 14.3 Å². The lowest BCUT2D eigenvalue weighted by Crippen LogP contribution is -2.51. The lowest BCUT2D eigenvalue weighted by molar-refractivity contribution is -0.275. The summed E-state index contributed by atoms with van der Waals surface area (Å²) in [6.45, 7) is 10.7. The van der Waals surface area contributed by atoms with E-state index in [1.165, 1.54) is 0 Å². The van der Waals surface area contributed by atoms with Crippen LogP contribution in [-0.2, 0) is 14.3 Å². The maximum atomic E-state index is 11.8. The van der Waals surface area contributed by atoms with Crippen molar-refractivity contribution >= 4 is 5.78 Å². The first kappa shape index (κ1) is 11.7. The normalized spacial score (nSPS) is 25.0. The van der Waals surface area contributed by atoms with Gasteiger partial charge in [-0.1, -0.05) is 27.7 Å². The first-order valence-corrected chi connectivity index (χ1v) is 5.09. The van der Waals surface area contributed by atoms with Crippen molar-refractivity contribution in [3.63, 3.8) is 0 Å². The van der Waals surface area contributed by atoms with Crippen molar-refractivity contribution in [2.45, 2.75) is 40.4 Å². The Morgan fingerprint density at radius 2 is 1.57 bits per heavy atom. The van der Waals surface area contributed by atoms with Gasteiger partial charge in [-0.05, 0) is 6.92 Å². The maximum absolute atomic E-state index is 11.8. The largest absolute Gasteiger partial charge is 0.343 e. The van der Waals surface area contributed by atoms with Crippen LogP contribution in [0.2, 0.25) is 0 Å². The molecule has 0 unspecified atom stereocenters. The summed E-state index contributed by atoms with van der Waals surface area (Å²) in [5.74, 6) is -1.06. The molecule has 0 bridgehead atoms. The van der Waals surface area contributed by atoms with Gasteiger partial charge in [0.15, 0.2) is 5.78 Å². The Hall–Kier alpha value is -0.410. The second-order valence-electron chi connectivity index (χ2n) is 5.21. The quantitative estimate of drug-likeness (QED) is 0.684. The molecule has 0 aromatic heterocycles. The molecule has 0 saturated carbocycles. The third-order valence-electron chi connectivity index (χ3n) is 2.45. The number of carbonyl (C=O) groups is 1. The first-order valence-electron chi connectivity index (χ1n) is 5.09. The topological polar surface area (TPSA) is 35.5 Å². The molecule has 1 aliphatic rings. The van der Waals surface area contributed by atoms with E-state index in [0.29, 0.717) is 13.2 Å². The Kier molecular flexibility index (Phi) is 3.02. The fourth-order valence-corrected chi connectivity index (χ4v) is 1.42. The summed E-state index contributed by atoms with van der Waals surface area (Å²) in [6.07, 6.45) is 0. The standard InChI is InChI=1S/C11H20O3/c1-8(2)9(12)11(5)13-6-10(3,4)7-14-11/h8H,6-7H2,1-5H3. The average molecular weight is 200 g/mol. The predicted octanol–water partition coefficient (Wildman–Crippen LogP) is 2.00. The highest BCUT2D eigenvalue weighted by molar-refractivity contribution is 5.87. The Morgan fingerprint density at radius 1 is 1.14 bits per heavy atom. The van der Waals surface area contributed by atoms with Crippen LogP contribution in [0.3, 0.4) is 0 Å². The predicted molar refractivity (Wildman–Crippen MR) is 53.9 cm³/mol. The van der Waals surface area contributed by atoms with E-state index in [-0.39, 0.29) is 17.1 Å². The van der Waals surface area contributed by atoms with Gasteiger partial charge < -0.3 is 9.47 Å². The van der Waals surface area contributed by atoms with E-state index in [4.69, 9.17) is 9.47 Å². The molecule has 0 aromatic rings. The molecule has 1 saturated heterocycles. The van der Waals surface area contributed by atoms with Gasteiger partial charge >= 0.3 is 0 Å². The Bertz CT molecular complexity index is 221. The van der Waals surface area contributed by atoms with Crippen molar-refractivity contribution in [3.05, 3.63) is 0 Å². The fourth-order valence-electron chi connectivity index (χ4n) is 1.42. The van der Waals surface area contributed by atoms with Crippen LogP contribution in [-0.4, -0.2) is 24.8 Å². The minimum Gasteiger partial charge on any atom is -0.343 e. The van der Waals surface area contributed by atoms with Gasteiger partial charge in [-0.2, -0.15) is 0 Å². The van der Waals surface area contributed by atoms with Crippen LogP contribution in [0.4, 0.5) is 0 Å². The number of rotatable bonds is 2. The summed E-state index contributed by atoms with van der Waals surface area (Å²) in [4.78, 5) is 11.8. The molecule has 0 aliphatic carbocycles. The van der Waals surface area contributed by atoms with E-state index < -0.39 is 5.79 Å². The molecule has 3 heteroatoms. The SMILES string of the molecule is CC(C)C(=O)C1(C)OCC(C)(C)CO1. The summed E-state index contributed by atoms with van der Waals surface area (Å²) >= 11 is 0. The lowest BCUT2D eigenvalue weighted by Gasteiger charge is -2.40. The monoisotopic (exact) mass is 200 g/mol. The Balaban J connectivity index is 2.66. The van der Waals surface area contributed by atoms with Gasteiger partial charge in [-0.15, -0.1) is 0 Å². The highest BCUT2D eigenvalue weighted by Gasteiger charge is 2.43. The van der Waals surface area contributed by atoms with Crippen molar-refractivity contribution in [2.75, 3.05) is 13.2 Å². The van der Waals surface area contributed by atoms with Crippen LogP contribution >= 0.6 is 0 Å². The van der Waals surface area contributed by atoms with Crippen LogP contribution in [0.15, 0.2) is 0 Å². The van der Waals surface area contributed by atoms with Crippen LogP contribution in [0.25, 0.3) is 0 Å². The van der Waals surface area contributed by atoms with Gasteiger partial charge in [0, 0.05) is 11.3 Å². The smallest absolute Gasteiger partial charge is 0.226 e.